The lowest BCUT2D eigenvalue weighted by atomic mass is 10.0. The Labute approximate surface area is 160 Å². The van der Waals surface area contributed by atoms with Crippen LogP contribution in [0.4, 0.5) is 4.79 Å². The zero-order valence-corrected chi connectivity index (χ0v) is 16.7. The first-order valence-electron chi connectivity index (χ1n) is 9.03. The van der Waals surface area contributed by atoms with E-state index in [4.69, 9.17) is 9.47 Å². The van der Waals surface area contributed by atoms with Gasteiger partial charge in [-0.05, 0) is 38.7 Å². The molecule has 0 fully saturated rings. The van der Waals surface area contributed by atoms with Crippen LogP contribution in [-0.4, -0.2) is 36.2 Å². The summed E-state index contributed by atoms with van der Waals surface area (Å²) in [6, 6.07) is 8.53. The Bertz CT molecular complexity index is 623. The summed E-state index contributed by atoms with van der Waals surface area (Å²) < 4.78 is 10.4. The third kappa shape index (κ3) is 10.2. The highest BCUT2D eigenvalue weighted by Gasteiger charge is 2.24. The molecule has 0 bridgehead atoms. The van der Waals surface area contributed by atoms with Gasteiger partial charge < -0.3 is 20.1 Å². The molecule has 2 N–H and O–H groups in total. The predicted octanol–water partition coefficient (Wildman–Crippen LogP) is 2.79. The number of hydrogen-bond donors (Lipinski definition) is 2. The van der Waals surface area contributed by atoms with E-state index < -0.39 is 29.6 Å². The maximum absolute atomic E-state index is 12.4. The highest BCUT2D eigenvalue weighted by Crippen LogP contribution is 2.09. The zero-order chi connectivity index (χ0) is 20.4. The van der Waals surface area contributed by atoms with E-state index in [0.29, 0.717) is 6.42 Å². The second-order valence-corrected chi connectivity index (χ2v) is 7.70. The highest BCUT2D eigenvalue weighted by atomic mass is 16.6. The van der Waals surface area contributed by atoms with E-state index in [0.717, 1.165) is 5.56 Å². The van der Waals surface area contributed by atoms with Gasteiger partial charge in [0.05, 0.1) is 0 Å². The predicted molar refractivity (Wildman–Crippen MR) is 102 cm³/mol. The third-order valence-corrected chi connectivity index (χ3v) is 3.34. The van der Waals surface area contributed by atoms with Gasteiger partial charge in [-0.3, -0.25) is 4.79 Å². The molecule has 0 aliphatic carbocycles. The minimum Gasteiger partial charge on any atom is -0.459 e. The molecule has 0 radical (unpaired) electrons. The van der Waals surface area contributed by atoms with Crippen molar-refractivity contribution >= 4 is 18.0 Å². The van der Waals surface area contributed by atoms with E-state index >= 15 is 0 Å². The molecule has 150 valence electrons. The van der Waals surface area contributed by atoms with Crippen molar-refractivity contribution in [1.29, 1.82) is 0 Å². The van der Waals surface area contributed by atoms with Gasteiger partial charge in [-0.15, -0.1) is 0 Å². The van der Waals surface area contributed by atoms with E-state index in [-0.39, 0.29) is 19.1 Å². The maximum Gasteiger partial charge on any atom is 0.408 e. The van der Waals surface area contributed by atoms with Crippen LogP contribution in [-0.2, 0) is 25.7 Å². The van der Waals surface area contributed by atoms with Gasteiger partial charge in [0, 0.05) is 0 Å². The van der Waals surface area contributed by atoms with Crippen LogP contribution in [0, 0.1) is 5.92 Å². The average molecular weight is 378 g/mol. The summed E-state index contributed by atoms with van der Waals surface area (Å²) >= 11 is 0. The van der Waals surface area contributed by atoms with Gasteiger partial charge in [-0.1, -0.05) is 44.2 Å². The number of nitrogens with one attached hydrogen (secondary N) is 2. The largest absolute Gasteiger partial charge is 0.459 e. The molecule has 0 aliphatic heterocycles. The first kappa shape index (κ1) is 22.5. The lowest BCUT2D eigenvalue weighted by Gasteiger charge is -2.21. The molecule has 0 spiro atoms. The van der Waals surface area contributed by atoms with Crippen LogP contribution in [0.1, 0.15) is 46.6 Å². The number of ether oxygens (including phenoxy) is 2. The minimum absolute atomic E-state index is 0.139. The van der Waals surface area contributed by atoms with Crippen LogP contribution >= 0.6 is 0 Å². The maximum atomic E-state index is 12.4. The molecule has 7 nitrogen and oxygen atoms in total. The van der Waals surface area contributed by atoms with E-state index in [9.17, 15) is 14.4 Å². The fraction of sp³-hybridized carbons (Fsp3) is 0.550. The summed E-state index contributed by atoms with van der Waals surface area (Å²) in [4.78, 5) is 36.1. The lowest BCUT2D eigenvalue weighted by molar-refractivity contribution is -0.149. The van der Waals surface area contributed by atoms with Crippen molar-refractivity contribution in [3.63, 3.8) is 0 Å². The number of carbonyl (C=O) groups is 3. The lowest BCUT2D eigenvalue weighted by Crippen LogP contribution is -2.47. The van der Waals surface area contributed by atoms with Crippen LogP contribution in [0.25, 0.3) is 0 Å². The molecule has 0 saturated heterocycles. The van der Waals surface area contributed by atoms with Gasteiger partial charge in [-0.25, -0.2) is 9.59 Å². The first-order valence-corrected chi connectivity index (χ1v) is 9.03. The minimum atomic E-state index is -0.776. The molecule has 0 heterocycles. The Morgan fingerprint density at radius 1 is 1.07 bits per heavy atom. The Morgan fingerprint density at radius 2 is 1.70 bits per heavy atom. The molecule has 2 amide bonds. The number of rotatable bonds is 8. The van der Waals surface area contributed by atoms with Crippen molar-refractivity contribution in [3.8, 4) is 0 Å². The van der Waals surface area contributed by atoms with Crippen LogP contribution in [0.2, 0.25) is 0 Å². The molecular weight excluding hydrogens is 348 g/mol. The molecule has 0 aromatic heterocycles. The smallest absolute Gasteiger partial charge is 0.408 e. The van der Waals surface area contributed by atoms with E-state index in [2.05, 4.69) is 10.6 Å². The average Bonchev–Trinajstić information content (AvgIpc) is 2.56. The molecule has 7 heteroatoms. The molecule has 27 heavy (non-hydrogen) atoms. The quantitative estimate of drug-likeness (QED) is 0.679. The molecule has 1 aromatic rings. The van der Waals surface area contributed by atoms with E-state index in [1.54, 1.807) is 20.8 Å². The number of carbonyl (C=O) groups excluding carboxylic acids is 3. The van der Waals surface area contributed by atoms with Crippen molar-refractivity contribution in [3.05, 3.63) is 35.9 Å². The zero-order valence-electron chi connectivity index (χ0n) is 16.7. The van der Waals surface area contributed by atoms with Crippen LogP contribution in [0.5, 0.6) is 0 Å². The van der Waals surface area contributed by atoms with E-state index in [1.807, 2.05) is 44.2 Å². The van der Waals surface area contributed by atoms with Gasteiger partial charge in [0.25, 0.3) is 0 Å². The number of alkyl carbamates (subject to hydrolysis) is 1. The summed E-state index contributed by atoms with van der Waals surface area (Å²) in [5, 5.41) is 4.99. The summed E-state index contributed by atoms with van der Waals surface area (Å²) in [6.45, 7) is 8.94. The van der Waals surface area contributed by atoms with E-state index in [1.165, 1.54) is 0 Å². The highest BCUT2D eigenvalue weighted by molar-refractivity contribution is 5.87. The summed E-state index contributed by atoms with van der Waals surface area (Å²) in [5.74, 6) is -0.806. The second-order valence-electron chi connectivity index (χ2n) is 7.70. The Hall–Kier alpha value is -2.57. The first-order chi connectivity index (χ1) is 12.6. The van der Waals surface area contributed by atoms with Gasteiger partial charge in [0.1, 0.15) is 24.8 Å². The molecule has 0 saturated carbocycles. The number of hydrogen-bond acceptors (Lipinski definition) is 5. The molecule has 0 aliphatic rings. The second kappa shape index (κ2) is 10.5. The Balaban J connectivity index is 2.53. The van der Waals surface area contributed by atoms with Crippen LogP contribution < -0.4 is 10.6 Å². The number of amides is 2. The molecule has 1 rings (SSSR count). The number of benzene rings is 1. The molecular formula is C20H30N2O5. The van der Waals surface area contributed by atoms with Gasteiger partial charge in [0.15, 0.2) is 0 Å². The fourth-order valence-corrected chi connectivity index (χ4v) is 2.23. The normalized spacial score (nSPS) is 12.2. The standard InChI is InChI=1S/C20H30N2O5/c1-14(2)11-16(18(24)26-13-15-9-7-6-8-10-15)22-17(23)12-21-19(25)27-20(3,4)5/h6-10,14,16H,11-13H2,1-5H3,(H,21,25)(H,22,23)/t16-/m0/s1. The van der Waals surface area contributed by atoms with Crippen LogP contribution in [0.3, 0.4) is 0 Å². The third-order valence-electron chi connectivity index (χ3n) is 3.34. The summed E-state index contributed by atoms with van der Waals surface area (Å²) in [7, 11) is 0. The van der Waals surface area contributed by atoms with Gasteiger partial charge in [0.2, 0.25) is 5.91 Å². The van der Waals surface area contributed by atoms with Crippen molar-refractivity contribution in [2.45, 2.75) is 59.3 Å². The monoisotopic (exact) mass is 378 g/mol. The van der Waals surface area contributed by atoms with Crippen molar-refractivity contribution in [2.75, 3.05) is 6.54 Å². The summed E-state index contributed by atoms with van der Waals surface area (Å²) in [6.07, 6.45) is -0.254. The van der Waals surface area contributed by atoms with Crippen molar-refractivity contribution < 1.29 is 23.9 Å². The Morgan fingerprint density at radius 3 is 2.26 bits per heavy atom. The van der Waals surface area contributed by atoms with Gasteiger partial charge in [-0.2, -0.15) is 0 Å². The Kier molecular flexibility index (Phi) is 8.78. The molecule has 1 aromatic carbocycles. The van der Waals surface area contributed by atoms with Crippen molar-refractivity contribution in [2.24, 2.45) is 5.92 Å². The SMILES string of the molecule is CC(C)C[C@H](NC(=O)CNC(=O)OC(C)(C)C)C(=O)OCc1ccccc1. The molecule has 1 atom stereocenters. The molecule has 0 unspecified atom stereocenters. The van der Waals surface area contributed by atoms with Crippen LogP contribution in [0.15, 0.2) is 30.3 Å². The van der Waals surface area contributed by atoms with Gasteiger partial charge >= 0.3 is 12.1 Å². The number of esters is 1. The topological polar surface area (TPSA) is 93.7 Å². The van der Waals surface area contributed by atoms with Crippen molar-refractivity contribution in [1.82, 2.24) is 10.6 Å². The fourth-order valence-electron chi connectivity index (χ4n) is 2.23. The summed E-state index contributed by atoms with van der Waals surface area (Å²) in [5.41, 5.74) is 0.217.